The third-order valence-corrected chi connectivity index (χ3v) is 5.55. The van der Waals surface area contributed by atoms with Gasteiger partial charge in [-0.1, -0.05) is 25.0 Å². The summed E-state index contributed by atoms with van der Waals surface area (Å²) in [4.78, 5) is 1.44. The Kier molecular flexibility index (Phi) is 4.67. The Morgan fingerprint density at radius 1 is 1.05 bits per heavy atom. The Labute approximate surface area is 120 Å². The number of thioether (sulfide) groups is 1. The topological polar surface area (TPSA) is 24.1 Å². The van der Waals surface area contributed by atoms with Crippen LogP contribution in [0.5, 0.6) is 0 Å². The van der Waals surface area contributed by atoms with Gasteiger partial charge in [0.15, 0.2) is 0 Å². The van der Waals surface area contributed by atoms with E-state index in [4.69, 9.17) is 0 Å². The summed E-state index contributed by atoms with van der Waals surface area (Å²) in [6, 6.07) is 9.44. The van der Waals surface area contributed by atoms with Crippen LogP contribution in [0, 0.1) is 0 Å². The van der Waals surface area contributed by atoms with Gasteiger partial charge in [-0.2, -0.15) is 0 Å². The fourth-order valence-electron chi connectivity index (χ4n) is 3.07. The monoisotopic (exact) mass is 276 g/mol. The molecule has 0 spiro atoms. The van der Waals surface area contributed by atoms with Crippen molar-refractivity contribution in [2.75, 3.05) is 18.4 Å². The number of anilines is 1. The van der Waals surface area contributed by atoms with Crippen molar-refractivity contribution in [3.63, 3.8) is 0 Å². The highest BCUT2D eigenvalue weighted by Crippen LogP contribution is 2.38. The van der Waals surface area contributed by atoms with E-state index in [2.05, 4.69) is 46.7 Å². The molecule has 3 heteroatoms. The second kappa shape index (κ2) is 6.67. The first-order valence-electron chi connectivity index (χ1n) is 7.65. The lowest BCUT2D eigenvalue weighted by atomic mass is 10.1. The standard InChI is InChI=1S/C16H24N2S/c1-2-8-14(7-1)19-16-10-4-3-9-15(16)18-13-6-5-11-17-12-13/h3-4,9-10,13-14,17-18H,1-2,5-8,11-12H2. The van der Waals surface area contributed by atoms with Crippen molar-refractivity contribution in [2.45, 2.75) is 54.7 Å². The molecule has 3 rings (SSSR count). The first-order chi connectivity index (χ1) is 9.42. The van der Waals surface area contributed by atoms with E-state index >= 15 is 0 Å². The smallest absolute Gasteiger partial charge is 0.0481 e. The van der Waals surface area contributed by atoms with E-state index < -0.39 is 0 Å². The van der Waals surface area contributed by atoms with Gasteiger partial charge in [-0.05, 0) is 44.4 Å². The van der Waals surface area contributed by atoms with Crippen molar-refractivity contribution in [3.8, 4) is 0 Å². The molecular formula is C16H24N2S. The van der Waals surface area contributed by atoms with Gasteiger partial charge < -0.3 is 10.6 Å². The number of hydrogen-bond donors (Lipinski definition) is 2. The third-order valence-electron chi connectivity index (χ3n) is 4.14. The molecular weight excluding hydrogens is 252 g/mol. The fraction of sp³-hybridized carbons (Fsp3) is 0.625. The molecule has 0 bridgehead atoms. The Morgan fingerprint density at radius 3 is 2.68 bits per heavy atom. The van der Waals surface area contributed by atoms with E-state index in [1.54, 1.807) is 0 Å². The normalized spacial score (nSPS) is 24.5. The SMILES string of the molecule is c1ccc(SC2CCCC2)c(NC2CCCNC2)c1. The zero-order chi connectivity index (χ0) is 12.9. The van der Waals surface area contributed by atoms with Crippen molar-refractivity contribution >= 4 is 17.4 Å². The van der Waals surface area contributed by atoms with Gasteiger partial charge in [0.2, 0.25) is 0 Å². The van der Waals surface area contributed by atoms with Crippen molar-refractivity contribution in [1.82, 2.24) is 5.32 Å². The van der Waals surface area contributed by atoms with Gasteiger partial charge in [-0.15, -0.1) is 11.8 Å². The van der Waals surface area contributed by atoms with E-state index in [1.165, 1.54) is 55.7 Å². The second-order valence-corrected chi connectivity index (χ2v) is 7.05. The highest BCUT2D eigenvalue weighted by Gasteiger charge is 2.19. The molecule has 1 saturated carbocycles. The minimum absolute atomic E-state index is 0.596. The Hall–Kier alpha value is -0.670. The molecule has 1 atom stereocenters. The van der Waals surface area contributed by atoms with Gasteiger partial charge in [0, 0.05) is 28.4 Å². The van der Waals surface area contributed by atoms with E-state index in [1.807, 2.05) is 0 Å². The summed E-state index contributed by atoms with van der Waals surface area (Å²) in [6.45, 7) is 2.28. The van der Waals surface area contributed by atoms with E-state index in [0.29, 0.717) is 6.04 Å². The molecule has 1 aromatic rings. The van der Waals surface area contributed by atoms with Gasteiger partial charge in [0.25, 0.3) is 0 Å². The first-order valence-corrected chi connectivity index (χ1v) is 8.53. The molecule has 2 nitrogen and oxygen atoms in total. The summed E-state index contributed by atoms with van der Waals surface area (Å²) >= 11 is 2.08. The zero-order valence-electron chi connectivity index (χ0n) is 11.5. The van der Waals surface area contributed by atoms with Crippen LogP contribution < -0.4 is 10.6 Å². The average Bonchev–Trinajstić information content (AvgIpc) is 2.95. The largest absolute Gasteiger partial charge is 0.380 e. The van der Waals surface area contributed by atoms with Crippen molar-refractivity contribution in [3.05, 3.63) is 24.3 Å². The predicted molar refractivity (Wildman–Crippen MR) is 84.1 cm³/mol. The molecule has 104 valence electrons. The van der Waals surface area contributed by atoms with Crippen LogP contribution in [0.15, 0.2) is 29.2 Å². The Bertz CT molecular complexity index is 395. The molecule has 2 fully saturated rings. The Balaban J connectivity index is 1.65. The highest BCUT2D eigenvalue weighted by molar-refractivity contribution is 8.00. The molecule has 1 aliphatic heterocycles. The summed E-state index contributed by atoms with van der Waals surface area (Å²) in [6.07, 6.45) is 8.19. The van der Waals surface area contributed by atoms with Crippen LogP contribution >= 0.6 is 11.8 Å². The summed E-state index contributed by atoms with van der Waals surface area (Å²) in [5, 5.41) is 8.06. The van der Waals surface area contributed by atoms with E-state index in [9.17, 15) is 0 Å². The molecule has 1 heterocycles. The van der Waals surface area contributed by atoms with Crippen LogP contribution in [0.25, 0.3) is 0 Å². The molecule has 0 radical (unpaired) electrons. The third kappa shape index (κ3) is 3.67. The van der Waals surface area contributed by atoms with Crippen LogP contribution in [0.4, 0.5) is 5.69 Å². The number of para-hydroxylation sites is 1. The quantitative estimate of drug-likeness (QED) is 0.872. The molecule has 19 heavy (non-hydrogen) atoms. The van der Waals surface area contributed by atoms with Gasteiger partial charge >= 0.3 is 0 Å². The maximum atomic E-state index is 3.74. The van der Waals surface area contributed by atoms with E-state index in [-0.39, 0.29) is 0 Å². The number of piperidine rings is 1. The van der Waals surface area contributed by atoms with Crippen molar-refractivity contribution in [2.24, 2.45) is 0 Å². The number of benzene rings is 1. The number of rotatable bonds is 4. The molecule has 1 aliphatic carbocycles. The highest BCUT2D eigenvalue weighted by atomic mass is 32.2. The average molecular weight is 276 g/mol. The summed E-state index contributed by atoms with van der Waals surface area (Å²) in [5.74, 6) is 0. The molecule has 2 N–H and O–H groups in total. The van der Waals surface area contributed by atoms with Gasteiger partial charge in [-0.3, -0.25) is 0 Å². The minimum atomic E-state index is 0.596. The minimum Gasteiger partial charge on any atom is -0.380 e. The lowest BCUT2D eigenvalue weighted by Crippen LogP contribution is -2.38. The lowest BCUT2D eigenvalue weighted by molar-refractivity contribution is 0.479. The molecule has 2 aliphatic rings. The molecule has 1 saturated heterocycles. The summed E-state index contributed by atoms with van der Waals surface area (Å²) in [7, 11) is 0. The summed E-state index contributed by atoms with van der Waals surface area (Å²) < 4.78 is 0. The van der Waals surface area contributed by atoms with Gasteiger partial charge in [0.1, 0.15) is 0 Å². The fourth-order valence-corrected chi connectivity index (χ4v) is 4.41. The van der Waals surface area contributed by atoms with Crippen LogP contribution in [0.3, 0.4) is 0 Å². The van der Waals surface area contributed by atoms with E-state index in [0.717, 1.165) is 11.8 Å². The van der Waals surface area contributed by atoms with Crippen molar-refractivity contribution < 1.29 is 0 Å². The van der Waals surface area contributed by atoms with Crippen molar-refractivity contribution in [1.29, 1.82) is 0 Å². The summed E-state index contributed by atoms with van der Waals surface area (Å²) in [5.41, 5.74) is 1.34. The molecule has 1 unspecified atom stereocenters. The van der Waals surface area contributed by atoms with Crippen LogP contribution in [-0.2, 0) is 0 Å². The lowest BCUT2D eigenvalue weighted by Gasteiger charge is -2.26. The number of hydrogen-bond acceptors (Lipinski definition) is 3. The number of nitrogens with one attached hydrogen (secondary N) is 2. The second-order valence-electron chi connectivity index (χ2n) is 5.71. The molecule has 1 aromatic carbocycles. The predicted octanol–water partition coefficient (Wildman–Crippen LogP) is 3.89. The maximum absolute atomic E-state index is 3.74. The Morgan fingerprint density at radius 2 is 1.89 bits per heavy atom. The van der Waals surface area contributed by atoms with Crippen LogP contribution in [0.1, 0.15) is 38.5 Å². The maximum Gasteiger partial charge on any atom is 0.0481 e. The molecule has 0 aromatic heterocycles. The van der Waals surface area contributed by atoms with Crippen LogP contribution in [-0.4, -0.2) is 24.4 Å². The van der Waals surface area contributed by atoms with Crippen LogP contribution in [0.2, 0.25) is 0 Å². The zero-order valence-corrected chi connectivity index (χ0v) is 12.3. The van der Waals surface area contributed by atoms with Gasteiger partial charge in [-0.25, -0.2) is 0 Å². The first kappa shape index (κ1) is 13.3. The molecule has 0 amide bonds. The van der Waals surface area contributed by atoms with Gasteiger partial charge in [0.05, 0.1) is 0 Å².